The number of hydrogen-bond acceptors (Lipinski definition) is 3. The number of para-hydroxylation sites is 1. The molecule has 20 heavy (non-hydrogen) atoms. The monoisotopic (exact) mass is 276 g/mol. The molecular formula is C17H28N2O. The smallest absolute Gasteiger partial charge is 0.122 e. The quantitative estimate of drug-likeness (QED) is 0.915. The van der Waals surface area contributed by atoms with Crippen LogP contribution >= 0.6 is 0 Å². The summed E-state index contributed by atoms with van der Waals surface area (Å²) in [4.78, 5) is 2.56. The topological polar surface area (TPSA) is 24.5 Å². The van der Waals surface area contributed by atoms with Gasteiger partial charge in [0.1, 0.15) is 5.75 Å². The fraction of sp³-hybridized carbons (Fsp3) is 0.647. The Morgan fingerprint density at radius 1 is 1.10 bits per heavy atom. The summed E-state index contributed by atoms with van der Waals surface area (Å²) in [6.45, 7) is 12.4. The van der Waals surface area contributed by atoms with Gasteiger partial charge in [0.05, 0.1) is 7.11 Å². The average molecular weight is 276 g/mol. The van der Waals surface area contributed by atoms with Crippen molar-refractivity contribution in [3.8, 4) is 5.75 Å². The number of piperazine rings is 1. The number of methoxy groups -OCH3 is 1. The molecule has 0 bridgehead atoms. The minimum Gasteiger partial charge on any atom is -0.496 e. The van der Waals surface area contributed by atoms with Crippen LogP contribution in [0.4, 0.5) is 0 Å². The molecular weight excluding hydrogens is 248 g/mol. The zero-order chi connectivity index (χ0) is 14.8. The summed E-state index contributed by atoms with van der Waals surface area (Å²) in [7, 11) is 1.75. The highest BCUT2D eigenvalue weighted by Gasteiger charge is 2.36. The van der Waals surface area contributed by atoms with Gasteiger partial charge in [-0.25, -0.2) is 0 Å². The van der Waals surface area contributed by atoms with Gasteiger partial charge >= 0.3 is 0 Å². The first kappa shape index (κ1) is 15.3. The molecule has 0 amide bonds. The largest absolute Gasteiger partial charge is 0.496 e. The molecule has 1 aromatic rings. The van der Waals surface area contributed by atoms with E-state index in [0.717, 1.165) is 31.8 Å². The van der Waals surface area contributed by atoms with Crippen LogP contribution in [0.25, 0.3) is 0 Å². The SMILES string of the molecule is COc1ccccc1CCN1CC(C)(C)NC(C)(C)C1. The van der Waals surface area contributed by atoms with Crippen molar-refractivity contribution < 1.29 is 4.74 Å². The van der Waals surface area contributed by atoms with Gasteiger partial charge in [0, 0.05) is 30.7 Å². The van der Waals surface area contributed by atoms with E-state index in [0.29, 0.717) is 0 Å². The van der Waals surface area contributed by atoms with Gasteiger partial charge in [-0.1, -0.05) is 18.2 Å². The van der Waals surface area contributed by atoms with E-state index in [9.17, 15) is 0 Å². The summed E-state index contributed by atoms with van der Waals surface area (Å²) in [5, 5.41) is 3.72. The van der Waals surface area contributed by atoms with Crippen LogP contribution in [-0.4, -0.2) is 42.7 Å². The van der Waals surface area contributed by atoms with Gasteiger partial charge in [-0.15, -0.1) is 0 Å². The molecule has 0 aromatic heterocycles. The van der Waals surface area contributed by atoms with Crippen molar-refractivity contribution in [3.05, 3.63) is 29.8 Å². The highest BCUT2D eigenvalue weighted by Crippen LogP contribution is 2.23. The van der Waals surface area contributed by atoms with Crippen LogP contribution in [0.5, 0.6) is 5.75 Å². The zero-order valence-electron chi connectivity index (χ0n) is 13.5. The lowest BCUT2D eigenvalue weighted by molar-refractivity contribution is 0.0790. The average Bonchev–Trinajstić information content (AvgIpc) is 2.33. The van der Waals surface area contributed by atoms with Crippen molar-refractivity contribution in [2.45, 2.75) is 45.2 Å². The number of benzene rings is 1. The van der Waals surface area contributed by atoms with Gasteiger partial charge in [-0.3, -0.25) is 4.90 Å². The molecule has 1 aliphatic rings. The van der Waals surface area contributed by atoms with Crippen LogP contribution in [0, 0.1) is 0 Å². The van der Waals surface area contributed by atoms with Gasteiger partial charge in [0.25, 0.3) is 0 Å². The summed E-state index contributed by atoms with van der Waals surface area (Å²) in [6.07, 6.45) is 1.04. The molecule has 1 aliphatic heterocycles. The van der Waals surface area contributed by atoms with E-state index >= 15 is 0 Å². The van der Waals surface area contributed by atoms with Crippen LogP contribution < -0.4 is 10.1 Å². The first-order valence-electron chi connectivity index (χ1n) is 7.45. The molecule has 3 nitrogen and oxygen atoms in total. The fourth-order valence-corrected chi connectivity index (χ4v) is 3.52. The number of rotatable bonds is 4. The van der Waals surface area contributed by atoms with Gasteiger partial charge < -0.3 is 10.1 Å². The molecule has 1 aromatic carbocycles. The Hall–Kier alpha value is -1.06. The molecule has 0 saturated carbocycles. The fourth-order valence-electron chi connectivity index (χ4n) is 3.52. The number of nitrogens with one attached hydrogen (secondary N) is 1. The van der Waals surface area contributed by atoms with E-state index in [1.165, 1.54) is 5.56 Å². The minimum absolute atomic E-state index is 0.169. The molecule has 0 unspecified atom stereocenters. The maximum Gasteiger partial charge on any atom is 0.122 e. The minimum atomic E-state index is 0.169. The molecule has 2 rings (SSSR count). The summed E-state index contributed by atoms with van der Waals surface area (Å²) in [5.41, 5.74) is 1.63. The number of nitrogens with zero attached hydrogens (tertiary/aromatic N) is 1. The van der Waals surface area contributed by atoms with Crippen molar-refractivity contribution in [1.29, 1.82) is 0 Å². The Bertz CT molecular complexity index is 438. The lowest BCUT2D eigenvalue weighted by atomic mass is 9.91. The van der Waals surface area contributed by atoms with Gasteiger partial charge in [0.2, 0.25) is 0 Å². The number of hydrogen-bond donors (Lipinski definition) is 1. The van der Waals surface area contributed by atoms with Crippen molar-refractivity contribution in [1.82, 2.24) is 10.2 Å². The Labute approximate surface area is 123 Å². The van der Waals surface area contributed by atoms with E-state index < -0.39 is 0 Å². The standard InChI is InChI=1S/C17H28N2O/c1-16(2)12-19(13-17(3,4)18-16)11-10-14-8-6-7-9-15(14)20-5/h6-9,18H,10-13H2,1-5H3. The molecule has 0 spiro atoms. The van der Waals surface area contributed by atoms with E-state index in [4.69, 9.17) is 4.74 Å². The highest BCUT2D eigenvalue weighted by molar-refractivity contribution is 5.33. The first-order valence-corrected chi connectivity index (χ1v) is 7.45. The van der Waals surface area contributed by atoms with E-state index in [-0.39, 0.29) is 11.1 Å². The Kier molecular flexibility index (Phi) is 4.40. The molecule has 3 heteroatoms. The van der Waals surface area contributed by atoms with E-state index in [1.54, 1.807) is 7.11 Å². The third-order valence-corrected chi connectivity index (χ3v) is 3.80. The third kappa shape index (κ3) is 3.97. The summed E-state index contributed by atoms with van der Waals surface area (Å²) in [5.74, 6) is 1.00. The second kappa shape index (κ2) is 5.74. The number of ether oxygens (including phenoxy) is 1. The Morgan fingerprint density at radius 2 is 1.70 bits per heavy atom. The maximum atomic E-state index is 5.44. The molecule has 1 N–H and O–H groups in total. The normalized spacial score (nSPS) is 21.6. The van der Waals surface area contributed by atoms with Crippen LogP contribution in [0.15, 0.2) is 24.3 Å². The third-order valence-electron chi connectivity index (χ3n) is 3.80. The van der Waals surface area contributed by atoms with Crippen LogP contribution in [0.2, 0.25) is 0 Å². The zero-order valence-corrected chi connectivity index (χ0v) is 13.5. The molecule has 0 aliphatic carbocycles. The second-order valence-corrected chi connectivity index (χ2v) is 7.17. The van der Waals surface area contributed by atoms with Crippen molar-refractivity contribution in [2.75, 3.05) is 26.7 Å². The summed E-state index contributed by atoms with van der Waals surface area (Å²) < 4.78 is 5.44. The van der Waals surface area contributed by atoms with Crippen molar-refractivity contribution >= 4 is 0 Å². The van der Waals surface area contributed by atoms with Crippen LogP contribution in [0.1, 0.15) is 33.3 Å². The predicted molar refractivity (Wildman–Crippen MR) is 84.4 cm³/mol. The van der Waals surface area contributed by atoms with Crippen LogP contribution in [0.3, 0.4) is 0 Å². The van der Waals surface area contributed by atoms with E-state index in [1.807, 2.05) is 12.1 Å². The van der Waals surface area contributed by atoms with Gasteiger partial charge in [-0.2, -0.15) is 0 Å². The molecule has 0 radical (unpaired) electrons. The highest BCUT2D eigenvalue weighted by atomic mass is 16.5. The molecule has 1 saturated heterocycles. The van der Waals surface area contributed by atoms with Gasteiger partial charge in [-0.05, 0) is 45.7 Å². The van der Waals surface area contributed by atoms with E-state index in [2.05, 4.69) is 50.0 Å². The molecule has 1 heterocycles. The predicted octanol–water partition coefficient (Wildman–Crippen LogP) is 2.70. The molecule has 0 atom stereocenters. The lowest BCUT2D eigenvalue weighted by Crippen LogP contribution is -2.66. The van der Waals surface area contributed by atoms with Crippen molar-refractivity contribution in [3.63, 3.8) is 0 Å². The summed E-state index contributed by atoms with van der Waals surface area (Å²) in [6, 6.07) is 8.32. The van der Waals surface area contributed by atoms with Crippen molar-refractivity contribution in [2.24, 2.45) is 0 Å². The first-order chi connectivity index (χ1) is 9.31. The Morgan fingerprint density at radius 3 is 2.30 bits per heavy atom. The van der Waals surface area contributed by atoms with Crippen LogP contribution in [-0.2, 0) is 6.42 Å². The Balaban J connectivity index is 2.00. The summed E-state index contributed by atoms with van der Waals surface area (Å²) >= 11 is 0. The van der Waals surface area contributed by atoms with Gasteiger partial charge in [0.15, 0.2) is 0 Å². The maximum absolute atomic E-state index is 5.44. The second-order valence-electron chi connectivity index (χ2n) is 7.17. The lowest BCUT2D eigenvalue weighted by Gasteiger charge is -2.48. The molecule has 1 fully saturated rings. The molecule has 112 valence electrons.